The Morgan fingerprint density at radius 1 is 1.32 bits per heavy atom. The molecule has 1 aliphatic rings. The van der Waals surface area contributed by atoms with Crippen molar-refractivity contribution < 1.29 is 19.2 Å². The molecule has 4 rings (SSSR count). The van der Waals surface area contributed by atoms with Gasteiger partial charge in [-0.05, 0) is 47.7 Å². The first-order chi connectivity index (χ1) is 13.7. The summed E-state index contributed by atoms with van der Waals surface area (Å²) < 4.78 is 10.2. The maximum absolute atomic E-state index is 12.6. The fourth-order valence-electron chi connectivity index (χ4n) is 3.51. The number of amides is 1. The number of aromatic nitrogens is 2. The fourth-order valence-corrected chi connectivity index (χ4v) is 3.51. The number of hydrogen-bond donors (Lipinski definition) is 2. The minimum absolute atomic E-state index is 0.0383. The average molecular weight is 379 g/mol. The molecule has 2 N–H and O–H groups in total. The Labute approximate surface area is 162 Å². The van der Waals surface area contributed by atoms with E-state index in [2.05, 4.69) is 21.5 Å². The average Bonchev–Trinajstić information content (AvgIpc) is 3.35. The molecule has 0 unspecified atom stereocenters. The summed E-state index contributed by atoms with van der Waals surface area (Å²) in [4.78, 5) is 16.9. The summed E-state index contributed by atoms with van der Waals surface area (Å²) in [5, 5.41) is 16.3. The minimum atomic E-state index is -0.139. The van der Waals surface area contributed by atoms with Crippen LogP contribution in [0, 0.1) is 0 Å². The van der Waals surface area contributed by atoms with Crippen molar-refractivity contribution in [3.63, 3.8) is 0 Å². The highest BCUT2D eigenvalue weighted by molar-refractivity contribution is 5.94. The van der Waals surface area contributed by atoms with Gasteiger partial charge in [0.2, 0.25) is 5.82 Å². The molecule has 7 heteroatoms. The molecule has 1 heterocycles. The first-order valence-electron chi connectivity index (χ1n) is 9.13. The van der Waals surface area contributed by atoms with Gasteiger partial charge < -0.3 is 19.7 Å². The van der Waals surface area contributed by atoms with Crippen molar-refractivity contribution in [2.75, 3.05) is 7.11 Å². The van der Waals surface area contributed by atoms with Crippen LogP contribution in [0.4, 0.5) is 0 Å². The van der Waals surface area contributed by atoms with Gasteiger partial charge in [0.15, 0.2) is 0 Å². The third-order valence-electron chi connectivity index (χ3n) is 4.89. The van der Waals surface area contributed by atoms with Crippen LogP contribution in [0.15, 0.2) is 47.0 Å². The first kappa shape index (κ1) is 18.3. The second kappa shape index (κ2) is 7.92. The van der Waals surface area contributed by atoms with Crippen LogP contribution in [0.3, 0.4) is 0 Å². The molecule has 1 aliphatic carbocycles. The van der Waals surface area contributed by atoms with Gasteiger partial charge in [-0.2, -0.15) is 4.98 Å². The number of carbonyl (C=O) groups is 1. The maximum Gasteiger partial charge on any atom is 0.252 e. The van der Waals surface area contributed by atoms with Gasteiger partial charge in [0.05, 0.1) is 12.6 Å². The van der Waals surface area contributed by atoms with Crippen molar-refractivity contribution in [3.05, 3.63) is 70.6 Å². The lowest BCUT2D eigenvalue weighted by molar-refractivity contribution is 0.0936. The van der Waals surface area contributed by atoms with Gasteiger partial charge in [-0.3, -0.25) is 4.79 Å². The molecule has 1 aromatic heterocycles. The second-order valence-corrected chi connectivity index (χ2v) is 6.78. The SMILES string of the molecule is COCc1nc(-c2ccc3c(c2)CC[C@H]3NC(=O)c2cccc(CO)c2)no1. The molecule has 0 saturated heterocycles. The van der Waals surface area contributed by atoms with Gasteiger partial charge in [-0.25, -0.2) is 0 Å². The highest BCUT2D eigenvalue weighted by atomic mass is 16.5. The number of methoxy groups -OCH3 is 1. The lowest BCUT2D eigenvalue weighted by Gasteiger charge is -2.15. The molecule has 28 heavy (non-hydrogen) atoms. The Bertz CT molecular complexity index is 999. The number of nitrogens with one attached hydrogen (secondary N) is 1. The maximum atomic E-state index is 12.6. The van der Waals surface area contributed by atoms with Gasteiger partial charge in [0.25, 0.3) is 11.8 Å². The Hall–Kier alpha value is -3.03. The summed E-state index contributed by atoms with van der Waals surface area (Å²) in [5.41, 5.74) is 4.43. The number of aryl methyl sites for hydroxylation is 1. The Morgan fingerprint density at radius 2 is 2.21 bits per heavy atom. The number of fused-ring (bicyclic) bond motifs is 1. The lowest BCUT2D eigenvalue weighted by Crippen LogP contribution is -2.27. The van der Waals surface area contributed by atoms with E-state index in [-0.39, 0.29) is 25.2 Å². The van der Waals surface area contributed by atoms with Gasteiger partial charge in [-0.1, -0.05) is 29.4 Å². The molecule has 0 radical (unpaired) electrons. The molecular weight excluding hydrogens is 358 g/mol. The van der Waals surface area contributed by atoms with Crippen molar-refractivity contribution in [2.45, 2.75) is 32.1 Å². The Balaban J connectivity index is 1.50. The Morgan fingerprint density at radius 3 is 3.04 bits per heavy atom. The van der Waals surface area contributed by atoms with Gasteiger partial charge >= 0.3 is 0 Å². The molecule has 0 aliphatic heterocycles. The van der Waals surface area contributed by atoms with Gasteiger partial charge in [-0.15, -0.1) is 0 Å². The molecule has 0 spiro atoms. The molecule has 2 aromatic carbocycles. The Kier molecular flexibility index (Phi) is 5.18. The quantitative estimate of drug-likeness (QED) is 0.683. The van der Waals surface area contributed by atoms with Crippen LogP contribution in [0.25, 0.3) is 11.4 Å². The number of hydrogen-bond acceptors (Lipinski definition) is 6. The zero-order valence-electron chi connectivity index (χ0n) is 15.5. The highest BCUT2D eigenvalue weighted by Crippen LogP contribution is 2.34. The lowest BCUT2D eigenvalue weighted by atomic mass is 10.0. The highest BCUT2D eigenvalue weighted by Gasteiger charge is 2.25. The third-order valence-corrected chi connectivity index (χ3v) is 4.89. The normalized spacial score (nSPS) is 15.4. The van der Waals surface area contributed by atoms with E-state index in [9.17, 15) is 9.90 Å². The summed E-state index contributed by atoms with van der Waals surface area (Å²) in [6.45, 7) is 0.196. The summed E-state index contributed by atoms with van der Waals surface area (Å²) >= 11 is 0. The number of aliphatic hydroxyl groups excluding tert-OH is 1. The van der Waals surface area contributed by atoms with Crippen molar-refractivity contribution in [1.29, 1.82) is 0 Å². The van der Waals surface area contributed by atoms with Crippen LogP contribution in [0.5, 0.6) is 0 Å². The molecule has 0 fully saturated rings. The standard InChI is InChI=1S/C21H21N3O4/c1-27-12-19-23-20(24-28-19)15-5-7-17-14(10-15)6-8-18(17)22-21(26)16-4-2-3-13(9-16)11-25/h2-5,7,9-10,18,25H,6,8,11-12H2,1H3,(H,22,26)/t18-/m1/s1. The van der Waals surface area contributed by atoms with E-state index >= 15 is 0 Å². The molecule has 0 bridgehead atoms. The van der Waals surface area contributed by atoms with Crippen LogP contribution in [-0.2, 0) is 24.4 Å². The van der Waals surface area contributed by atoms with E-state index < -0.39 is 0 Å². The van der Waals surface area contributed by atoms with E-state index in [1.54, 1.807) is 31.4 Å². The molecule has 7 nitrogen and oxygen atoms in total. The minimum Gasteiger partial charge on any atom is -0.392 e. The van der Waals surface area contributed by atoms with E-state index in [1.807, 2.05) is 12.1 Å². The van der Waals surface area contributed by atoms with E-state index in [1.165, 1.54) is 5.56 Å². The molecular formula is C21H21N3O4. The molecule has 1 amide bonds. The van der Waals surface area contributed by atoms with Crippen molar-refractivity contribution >= 4 is 5.91 Å². The molecule has 3 aromatic rings. The van der Waals surface area contributed by atoms with Crippen LogP contribution in [-0.4, -0.2) is 28.3 Å². The number of carbonyl (C=O) groups excluding carboxylic acids is 1. The summed E-state index contributed by atoms with van der Waals surface area (Å²) in [7, 11) is 1.58. The second-order valence-electron chi connectivity index (χ2n) is 6.78. The summed E-state index contributed by atoms with van der Waals surface area (Å²) in [6, 6.07) is 13.0. The number of nitrogens with zero attached hydrogens (tertiary/aromatic N) is 2. The predicted octanol–water partition coefficient (Wildman–Crippen LogP) is 2.79. The molecule has 144 valence electrons. The smallest absolute Gasteiger partial charge is 0.252 e. The monoisotopic (exact) mass is 379 g/mol. The van der Waals surface area contributed by atoms with Crippen LogP contribution >= 0.6 is 0 Å². The van der Waals surface area contributed by atoms with Crippen molar-refractivity contribution in [2.24, 2.45) is 0 Å². The van der Waals surface area contributed by atoms with Gasteiger partial charge in [0, 0.05) is 18.2 Å². The van der Waals surface area contributed by atoms with Crippen LogP contribution in [0.1, 0.15) is 45.4 Å². The topological polar surface area (TPSA) is 97.5 Å². The number of aliphatic hydroxyl groups is 1. The van der Waals surface area contributed by atoms with Crippen LogP contribution in [0.2, 0.25) is 0 Å². The van der Waals surface area contributed by atoms with E-state index in [0.717, 1.165) is 29.5 Å². The number of benzene rings is 2. The predicted molar refractivity (Wildman–Crippen MR) is 101 cm³/mol. The molecule has 0 saturated carbocycles. The van der Waals surface area contributed by atoms with Gasteiger partial charge in [0.1, 0.15) is 6.61 Å². The summed E-state index contributed by atoms with van der Waals surface area (Å²) in [6.07, 6.45) is 1.71. The third kappa shape index (κ3) is 3.67. The van der Waals surface area contributed by atoms with E-state index in [4.69, 9.17) is 9.26 Å². The first-order valence-corrected chi connectivity index (χ1v) is 9.13. The van der Waals surface area contributed by atoms with Crippen LogP contribution < -0.4 is 5.32 Å². The zero-order chi connectivity index (χ0) is 19.5. The number of rotatable bonds is 6. The molecule has 1 atom stereocenters. The largest absolute Gasteiger partial charge is 0.392 e. The number of ether oxygens (including phenoxy) is 1. The summed E-state index contributed by atoms with van der Waals surface area (Å²) in [5.74, 6) is 0.830. The van der Waals surface area contributed by atoms with Crippen molar-refractivity contribution in [3.8, 4) is 11.4 Å². The fraction of sp³-hybridized carbons (Fsp3) is 0.286. The van der Waals surface area contributed by atoms with E-state index in [0.29, 0.717) is 17.3 Å². The zero-order valence-corrected chi connectivity index (χ0v) is 15.5. The van der Waals surface area contributed by atoms with Crippen molar-refractivity contribution in [1.82, 2.24) is 15.5 Å².